The Kier molecular flexibility index (Phi) is 10.5. The van der Waals surface area contributed by atoms with E-state index in [-0.39, 0.29) is 24.0 Å². The summed E-state index contributed by atoms with van der Waals surface area (Å²) in [4.78, 5) is 13.5. The molecule has 0 spiro atoms. The molecule has 1 saturated heterocycles. The van der Waals surface area contributed by atoms with Crippen molar-refractivity contribution in [2.24, 2.45) is 4.99 Å². The third-order valence-electron chi connectivity index (χ3n) is 5.91. The molecule has 0 aromatic carbocycles. The third-order valence-corrected chi connectivity index (χ3v) is 7.05. The lowest BCUT2D eigenvalue weighted by Gasteiger charge is -2.39. The topological polar surface area (TPSA) is 52.6 Å². The number of thiazole rings is 1. The number of piperidine rings is 1. The van der Waals surface area contributed by atoms with E-state index in [2.05, 4.69) is 41.3 Å². The number of aryl methyl sites for hydroxylation is 2. The van der Waals surface area contributed by atoms with E-state index in [0.29, 0.717) is 6.04 Å². The number of hydrogen-bond donors (Lipinski definition) is 2. The van der Waals surface area contributed by atoms with Crippen molar-refractivity contribution in [1.29, 1.82) is 0 Å². The molecule has 1 aromatic heterocycles. The normalized spacial score (nSPS) is 20.0. The quantitative estimate of drug-likeness (QED) is 0.335. The van der Waals surface area contributed by atoms with Gasteiger partial charge in [0.2, 0.25) is 0 Å². The van der Waals surface area contributed by atoms with Crippen LogP contribution in [0, 0.1) is 13.8 Å². The summed E-state index contributed by atoms with van der Waals surface area (Å²) < 4.78 is 0. The Morgan fingerprint density at radius 3 is 2.46 bits per heavy atom. The van der Waals surface area contributed by atoms with Crippen LogP contribution in [0.25, 0.3) is 0 Å². The van der Waals surface area contributed by atoms with Gasteiger partial charge in [0, 0.05) is 49.6 Å². The minimum atomic E-state index is 0. The fourth-order valence-electron chi connectivity index (χ4n) is 4.44. The molecule has 1 aromatic rings. The molecule has 0 radical (unpaired) electrons. The van der Waals surface area contributed by atoms with Crippen LogP contribution in [-0.2, 0) is 6.42 Å². The number of nitrogens with one attached hydrogen (secondary N) is 2. The predicted octanol–water partition coefficient (Wildman–Crippen LogP) is 4.27. The van der Waals surface area contributed by atoms with Crippen molar-refractivity contribution < 1.29 is 0 Å². The lowest BCUT2D eigenvalue weighted by molar-refractivity contribution is 0.119. The van der Waals surface area contributed by atoms with Crippen molar-refractivity contribution in [1.82, 2.24) is 20.5 Å². The van der Waals surface area contributed by atoms with Gasteiger partial charge in [0.1, 0.15) is 0 Å². The van der Waals surface area contributed by atoms with E-state index in [9.17, 15) is 0 Å². The molecule has 0 bridgehead atoms. The van der Waals surface area contributed by atoms with Gasteiger partial charge in [-0.15, -0.1) is 35.3 Å². The molecular weight excluding hydrogens is 481 g/mol. The average Bonchev–Trinajstić information content (AvgIpc) is 3.00. The van der Waals surface area contributed by atoms with Gasteiger partial charge in [-0.3, -0.25) is 4.99 Å². The van der Waals surface area contributed by atoms with Gasteiger partial charge in [0.25, 0.3) is 0 Å². The summed E-state index contributed by atoms with van der Waals surface area (Å²) in [6, 6.07) is 1.41. The van der Waals surface area contributed by atoms with Crippen molar-refractivity contribution in [2.45, 2.75) is 84.2 Å². The molecule has 2 aliphatic rings. The molecule has 5 nitrogen and oxygen atoms in total. The Morgan fingerprint density at radius 1 is 1.14 bits per heavy atom. The van der Waals surface area contributed by atoms with Crippen LogP contribution in [0.5, 0.6) is 0 Å². The first-order valence-electron chi connectivity index (χ1n) is 10.9. The van der Waals surface area contributed by atoms with Crippen LogP contribution in [0.1, 0.15) is 67.4 Å². The maximum Gasteiger partial charge on any atom is 0.191 e. The number of hydrogen-bond acceptors (Lipinski definition) is 4. The molecule has 0 atom stereocenters. The first-order valence-corrected chi connectivity index (χ1v) is 11.7. The molecule has 7 heteroatoms. The molecule has 1 aliphatic heterocycles. The van der Waals surface area contributed by atoms with E-state index in [1.807, 2.05) is 0 Å². The first-order chi connectivity index (χ1) is 13.2. The van der Waals surface area contributed by atoms with Crippen LogP contribution in [-0.4, -0.2) is 54.1 Å². The maximum atomic E-state index is 4.82. The minimum absolute atomic E-state index is 0. The molecule has 28 heavy (non-hydrogen) atoms. The Balaban J connectivity index is 0.00000280. The van der Waals surface area contributed by atoms with Crippen molar-refractivity contribution >= 4 is 41.3 Å². The average molecular weight is 520 g/mol. The van der Waals surface area contributed by atoms with Crippen LogP contribution in [0.4, 0.5) is 0 Å². The number of rotatable bonds is 6. The lowest BCUT2D eigenvalue weighted by atomic mass is 9.92. The van der Waals surface area contributed by atoms with Crippen LogP contribution >= 0.6 is 35.3 Å². The van der Waals surface area contributed by atoms with E-state index in [0.717, 1.165) is 36.5 Å². The summed E-state index contributed by atoms with van der Waals surface area (Å²) in [5.74, 6) is 0.979. The fraction of sp³-hybridized carbons (Fsp3) is 0.810. The second-order valence-electron chi connectivity index (χ2n) is 8.00. The number of aromatic nitrogens is 1. The number of likely N-dealkylation sites (tertiary alicyclic amines) is 1. The third kappa shape index (κ3) is 7.13. The van der Waals surface area contributed by atoms with Gasteiger partial charge in [-0.2, -0.15) is 0 Å². The summed E-state index contributed by atoms with van der Waals surface area (Å²) in [6.45, 7) is 10.5. The molecule has 2 heterocycles. The van der Waals surface area contributed by atoms with Crippen LogP contribution in [0.2, 0.25) is 0 Å². The molecule has 2 N–H and O–H groups in total. The Hall–Kier alpha value is -0.410. The van der Waals surface area contributed by atoms with Gasteiger partial charge in [-0.1, -0.05) is 19.3 Å². The number of guanidine groups is 1. The number of aliphatic imine (C=N–C) groups is 1. The number of nitrogens with zero attached hydrogens (tertiary/aromatic N) is 3. The van der Waals surface area contributed by atoms with Crippen molar-refractivity contribution in [3.05, 3.63) is 15.6 Å². The van der Waals surface area contributed by atoms with E-state index >= 15 is 0 Å². The molecule has 0 unspecified atom stereocenters. The SMILES string of the molecule is CCNC(=NCCc1sc(C)nc1C)NC1CCN(C2CCCCC2)CC1.I. The van der Waals surface area contributed by atoms with Gasteiger partial charge in [0.05, 0.1) is 10.7 Å². The molecule has 160 valence electrons. The largest absolute Gasteiger partial charge is 0.357 e. The van der Waals surface area contributed by atoms with Crippen molar-refractivity contribution in [3.63, 3.8) is 0 Å². The van der Waals surface area contributed by atoms with E-state index in [4.69, 9.17) is 4.99 Å². The molecule has 3 rings (SSSR count). The van der Waals surface area contributed by atoms with Gasteiger partial charge in [-0.05, 0) is 46.5 Å². The predicted molar refractivity (Wildman–Crippen MR) is 131 cm³/mol. The van der Waals surface area contributed by atoms with E-state index in [1.54, 1.807) is 11.3 Å². The Labute approximate surface area is 192 Å². The van der Waals surface area contributed by atoms with Crippen molar-refractivity contribution in [3.8, 4) is 0 Å². The highest BCUT2D eigenvalue weighted by Crippen LogP contribution is 2.25. The highest BCUT2D eigenvalue weighted by Gasteiger charge is 2.26. The van der Waals surface area contributed by atoms with Crippen molar-refractivity contribution in [2.75, 3.05) is 26.2 Å². The zero-order valence-corrected chi connectivity index (χ0v) is 20.9. The fourth-order valence-corrected chi connectivity index (χ4v) is 5.37. The monoisotopic (exact) mass is 519 g/mol. The number of halogens is 1. The molecule has 2 fully saturated rings. The summed E-state index contributed by atoms with van der Waals surface area (Å²) in [5, 5.41) is 8.26. The summed E-state index contributed by atoms with van der Waals surface area (Å²) in [7, 11) is 0. The van der Waals surface area contributed by atoms with Gasteiger partial charge >= 0.3 is 0 Å². The minimum Gasteiger partial charge on any atom is -0.357 e. The first kappa shape index (κ1) is 23.9. The lowest BCUT2D eigenvalue weighted by Crippen LogP contribution is -2.51. The summed E-state index contributed by atoms with van der Waals surface area (Å²) in [5.41, 5.74) is 1.17. The van der Waals surface area contributed by atoms with E-state index in [1.165, 1.54) is 68.6 Å². The molecule has 1 saturated carbocycles. The Morgan fingerprint density at radius 2 is 1.86 bits per heavy atom. The zero-order valence-electron chi connectivity index (χ0n) is 17.8. The van der Waals surface area contributed by atoms with Crippen LogP contribution in [0.15, 0.2) is 4.99 Å². The van der Waals surface area contributed by atoms with Gasteiger partial charge in [-0.25, -0.2) is 4.98 Å². The highest BCUT2D eigenvalue weighted by atomic mass is 127. The molecular formula is C21H38IN5S. The second kappa shape index (κ2) is 12.3. The highest BCUT2D eigenvalue weighted by molar-refractivity contribution is 14.0. The second-order valence-corrected chi connectivity index (χ2v) is 9.29. The Bertz CT molecular complexity index is 604. The smallest absolute Gasteiger partial charge is 0.191 e. The standard InChI is InChI=1S/C21H37N5S.HI/c1-4-22-21(23-13-10-20-16(2)24-17(3)27-20)25-18-11-14-26(15-12-18)19-8-6-5-7-9-19;/h18-19H,4-15H2,1-3H3,(H2,22,23,25);1H. The van der Waals surface area contributed by atoms with E-state index < -0.39 is 0 Å². The summed E-state index contributed by atoms with van der Waals surface area (Å²) in [6.07, 6.45) is 10.6. The summed E-state index contributed by atoms with van der Waals surface area (Å²) >= 11 is 1.80. The van der Waals surface area contributed by atoms with Gasteiger partial charge < -0.3 is 15.5 Å². The van der Waals surface area contributed by atoms with Crippen LogP contribution < -0.4 is 10.6 Å². The molecule has 1 aliphatic carbocycles. The maximum absolute atomic E-state index is 4.82. The zero-order chi connectivity index (χ0) is 19.1. The van der Waals surface area contributed by atoms with Crippen LogP contribution in [0.3, 0.4) is 0 Å². The van der Waals surface area contributed by atoms with Gasteiger partial charge in [0.15, 0.2) is 5.96 Å². The molecule has 0 amide bonds.